The molecule has 7 heteroatoms. The number of hydrogen-bond donors (Lipinski definition) is 1. The van der Waals surface area contributed by atoms with Gasteiger partial charge in [0.1, 0.15) is 19.0 Å². The molecule has 0 aliphatic carbocycles. The van der Waals surface area contributed by atoms with Crippen LogP contribution in [0.25, 0.3) is 0 Å². The minimum absolute atomic E-state index is 0.410. The maximum Gasteiger partial charge on any atom is 0.165 e. The predicted octanol–water partition coefficient (Wildman–Crippen LogP) is 4.90. The summed E-state index contributed by atoms with van der Waals surface area (Å²) in [7, 11) is 0. The van der Waals surface area contributed by atoms with Crippen LogP contribution in [0.4, 0.5) is 5.69 Å². The van der Waals surface area contributed by atoms with Crippen LogP contribution < -0.4 is 19.9 Å². The van der Waals surface area contributed by atoms with Crippen molar-refractivity contribution in [1.29, 1.82) is 0 Å². The Morgan fingerprint density at radius 1 is 0.952 bits per heavy atom. The predicted molar refractivity (Wildman–Crippen MR) is 86.1 cm³/mol. The summed E-state index contributed by atoms with van der Waals surface area (Å²) < 4.78 is 17.4. The summed E-state index contributed by atoms with van der Waals surface area (Å²) in [4.78, 5) is 0. The van der Waals surface area contributed by atoms with Crippen molar-refractivity contribution in [2.75, 3.05) is 18.9 Å². The molecule has 1 heterocycles. The van der Waals surface area contributed by atoms with E-state index in [4.69, 9.17) is 43.1 Å². The molecule has 0 amide bonds. The van der Waals surface area contributed by atoms with Gasteiger partial charge in [0.2, 0.25) is 0 Å². The minimum Gasteiger partial charge on any atom is -0.486 e. The number of fused-ring (bicyclic) bond motifs is 1. The second kappa shape index (κ2) is 5.83. The van der Waals surface area contributed by atoms with Gasteiger partial charge in [-0.15, -0.1) is 0 Å². The van der Waals surface area contributed by atoms with Gasteiger partial charge in [0.15, 0.2) is 17.2 Å². The molecule has 0 unspecified atom stereocenters. The van der Waals surface area contributed by atoms with Crippen molar-refractivity contribution in [2.24, 2.45) is 0 Å². The lowest BCUT2D eigenvalue weighted by Gasteiger charge is -2.20. The molecule has 2 N–H and O–H groups in total. The van der Waals surface area contributed by atoms with Crippen LogP contribution in [-0.4, -0.2) is 13.2 Å². The normalized spacial score (nSPS) is 13.1. The fraction of sp³-hybridized carbons (Fsp3) is 0.143. The topological polar surface area (TPSA) is 53.7 Å². The Kier molecular flexibility index (Phi) is 4.06. The molecule has 1 aliphatic rings. The van der Waals surface area contributed by atoms with Crippen LogP contribution >= 0.6 is 39.1 Å². The highest BCUT2D eigenvalue weighted by atomic mass is 79.9. The summed E-state index contributed by atoms with van der Waals surface area (Å²) in [5.41, 5.74) is 6.39. The Morgan fingerprint density at radius 3 is 2.33 bits per heavy atom. The zero-order chi connectivity index (χ0) is 15.0. The Labute approximate surface area is 139 Å². The Balaban J connectivity index is 1.96. The van der Waals surface area contributed by atoms with E-state index in [1.165, 1.54) is 0 Å². The van der Waals surface area contributed by atoms with Gasteiger partial charge in [0.05, 0.1) is 15.7 Å². The molecule has 0 spiro atoms. The quantitative estimate of drug-likeness (QED) is 0.585. The molecule has 2 aromatic carbocycles. The standard InChI is InChI=1S/C14H10BrCl2NO3/c15-7-3-9(17)11(4-8(7)16)21-12-6-14-13(5-10(12)18)19-1-2-20-14/h3-6H,1-2,18H2. The van der Waals surface area contributed by atoms with Crippen molar-refractivity contribution < 1.29 is 14.2 Å². The summed E-state index contributed by atoms with van der Waals surface area (Å²) in [6.45, 7) is 0.988. The van der Waals surface area contributed by atoms with Gasteiger partial charge in [0, 0.05) is 22.7 Å². The Hall–Kier alpha value is -1.30. The lowest BCUT2D eigenvalue weighted by atomic mass is 10.2. The third kappa shape index (κ3) is 3.00. The molecule has 110 valence electrons. The first-order valence-corrected chi connectivity index (χ1v) is 7.61. The van der Waals surface area contributed by atoms with Crippen LogP contribution in [0.3, 0.4) is 0 Å². The van der Waals surface area contributed by atoms with Crippen LogP contribution in [0.15, 0.2) is 28.7 Å². The van der Waals surface area contributed by atoms with Crippen molar-refractivity contribution in [3.63, 3.8) is 0 Å². The molecule has 0 fully saturated rings. The van der Waals surface area contributed by atoms with Crippen LogP contribution in [0.5, 0.6) is 23.0 Å². The van der Waals surface area contributed by atoms with Crippen molar-refractivity contribution in [3.05, 3.63) is 38.8 Å². The maximum absolute atomic E-state index is 6.14. The van der Waals surface area contributed by atoms with Gasteiger partial charge in [-0.2, -0.15) is 0 Å². The van der Waals surface area contributed by atoms with Crippen molar-refractivity contribution >= 4 is 44.8 Å². The van der Waals surface area contributed by atoms with Gasteiger partial charge in [-0.25, -0.2) is 0 Å². The molecule has 2 aromatic rings. The van der Waals surface area contributed by atoms with Crippen molar-refractivity contribution in [1.82, 2.24) is 0 Å². The molecule has 0 saturated heterocycles. The highest BCUT2D eigenvalue weighted by molar-refractivity contribution is 9.10. The van der Waals surface area contributed by atoms with Crippen molar-refractivity contribution in [2.45, 2.75) is 0 Å². The molecule has 0 aromatic heterocycles. The highest BCUT2D eigenvalue weighted by Gasteiger charge is 2.17. The summed E-state index contributed by atoms with van der Waals surface area (Å²) in [5.74, 6) is 2.03. The van der Waals surface area contributed by atoms with Gasteiger partial charge in [-0.3, -0.25) is 0 Å². The number of rotatable bonds is 2. The maximum atomic E-state index is 6.14. The molecule has 0 saturated carbocycles. The first-order valence-electron chi connectivity index (χ1n) is 6.06. The molecule has 1 aliphatic heterocycles. The van der Waals surface area contributed by atoms with E-state index >= 15 is 0 Å². The zero-order valence-corrected chi connectivity index (χ0v) is 13.8. The number of hydrogen-bond acceptors (Lipinski definition) is 4. The average Bonchev–Trinajstić information content (AvgIpc) is 2.45. The summed E-state index contributed by atoms with van der Waals surface area (Å²) >= 11 is 15.5. The number of nitrogen functional groups attached to an aromatic ring is 1. The summed E-state index contributed by atoms with van der Waals surface area (Å²) in [5, 5.41) is 0.908. The lowest BCUT2D eigenvalue weighted by molar-refractivity contribution is 0.171. The monoisotopic (exact) mass is 389 g/mol. The Morgan fingerprint density at radius 2 is 1.62 bits per heavy atom. The SMILES string of the molecule is Nc1cc2c(cc1Oc1cc(Cl)c(Br)cc1Cl)OCCO2. The molecule has 3 rings (SSSR count). The number of nitrogens with two attached hydrogens (primary N) is 1. The third-order valence-corrected chi connectivity index (χ3v) is 4.36. The molecular formula is C14H10BrCl2NO3. The average molecular weight is 391 g/mol. The van der Waals surface area contributed by atoms with E-state index < -0.39 is 0 Å². The summed E-state index contributed by atoms with van der Waals surface area (Å²) in [6, 6.07) is 6.62. The van der Waals surface area contributed by atoms with Crippen LogP contribution in [0.2, 0.25) is 10.0 Å². The first kappa shape index (κ1) is 14.6. The van der Waals surface area contributed by atoms with E-state index in [1.54, 1.807) is 24.3 Å². The molecule has 0 atom stereocenters. The van der Waals surface area contributed by atoms with Crippen LogP contribution in [0, 0.1) is 0 Å². The third-order valence-electron chi connectivity index (χ3n) is 2.87. The second-order valence-corrected chi connectivity index (χ2v) is 6.00. The van der Waals surface area contributed by atoms with Crippen LogP contribution in [-0.2, 0) is 0 Å². The first-order chi connectivity index (χ1) is 10.0. The van der Waals surface area contributed by atoms with E-state index in [0.717, 1.165) is 0 Å². The van der Waals surface area contributed by atoms with E-state index in [1.807, 2.05) is 0 Å². The molecule has 0 bridgehead atoms. The Bertz CT molecular complexity index is 709. The van der Waals surface area contributed by atoms with E-state index in [9.17, 15) is 0 Å². The van der Waals surface area contributed by atoms with E-state index in [0.29, 0.717) is 56.4 Å². The zero-order valence-electron chi connectivity index (χ0n) is 10.7. The number of benzene rings is 2. The largest absolute Gasteiger partial charge is 0.486 e. The summed E-state index contributed by atoms with van der Waals surface area (Å²) in [6.07, 6.45) is 0. The highest BCUT2D eigenvalue weighted by Crippen LogP contribution is 2.42. The smallest absolute Gasteiger partial charge is 0.165 e. The van der Waals surface area contributed by atoms with Crippen molar-refractivity contribution in [3.8, 4) is 23.0 Å². The van der Waals surface area contributed by atoms with Gasteiger partial charge in [-0.1, -0.05) is 23.2 Å². The van der Waals surface area contributed by atoms with E-state index in [2.05, 4.69) is 15.9 Å². The molecular weight excluding hydrogens is 381 g/mol. The number of halogens is 3. The molecule has 21 heavy (non-hydrogen) atoms. The molecule has 0 radical (unpaired) electrons. The number of anilines is 1. The minimum atomic E-state index is 0.410. The van der Waals surface area contributed by atoms with Gasteiger partial charge in [-0.05, 0) is 22.0 Å². The van der Waals surface area contributed by atoms with Gasteiger partial charge >= 0.3 is 0 Å². The van der Waals surface area contributed by atoms with Gasteiger partial charge in [0.25, 0.3) is 0 Å². The second-order valence-electron chi connectivity index (χ2n) is 4.33. The fourth-order valence-electron chi connectivity index (χ4n) is 1.88. The molecule has 4 nitrogen and oxygen atoms in total. The lowest BCUT2D eigenvalue weighted by Crippen LogP contribution is -2.15. The van der Waals surface area contributed by atoms with Crippen LogP contribution in [0.1, 0.15) is 0 Å². The number of ether oxygens (including phenoxy) is 3. The fourth-order valence-corrected chi connectivity index (χ4v) is 2.71. The van der Waals surface area contributed by atoms with Gasteiger partial charge < -0.3 is 19.9 Å². The van der Waals surface area contributed by atoms with E-state index in [-0.39, 0.29) is 0 Å².